The number of carbonyl (C=O) groups is 1. The lowest BCUT2D eigenvalue weighted by atomic mass is 9.96. The van der Waals surface area contributed by atoms with Crippen LogP contribution in [-0.2, 0) is 17.6 Å². The summed E-state index contributed by atoms with van der Waals surface area (Å²) in [6.07, 6.45) is 3.81. The van der Waals surface area contributed by atoms with Crippen LogP contribution in [0.3, 0.4) is 0 Å². The molecule has 0 fully saturated rings. The predicted molar refractivity (Wildman–Crippen MR) is 99.9 cm³/mol. The number of hydrogen-bond acceptors (Lipinski definition) is 4. The second kappa shape index (κ2) is 6.20. The van der Waals surface area contributed by atoms with Gasteiger partial charge < -0.3 is 10.2 Å². The fourth-order valence-corrected chi connectivity index (χ4v) is 4.33. The highest BCUT2D eigenvalue weighted by molar-refractivity contribution is 7.14. The van der Waals surface area contributed by atoms with E-state index in [1.54, 1.807) is 11.3 Å². The Morgan fingerprint density at radius 3 is 3.00 bits per heavy atom. The van der Waals surface area contributed by atoms with Crippen molar-refractivity contribution >= 4 is 28.1 Å². The van der Waals surface area contributed by atoms with E-state index in [9.17, 15) is 4.79 Å². The first-order valence-electron chi connectivity index (χ1n) is 8.78. The molecule has 4 nitrogen and oxygen atoms in total. The van der Waals surface area contributed by atoms with Crippen molar-refractivity contribution < 1.29 is 4.79 Å². The molecule has 2 aliphatic rings. The Bertz CT molecular complexity index is 781. The normalized spacial score (nSPS) is 16.0. The second-order valence-corrected chi connectivity index (χ2v) is 7.97. The van der Waals surface area contributed by atoms with E-state index >= 15 is 0 Å². The smallest absolute Gasteiger partial charge is 0.231 e. The average molecular weight is 341 g/mol. The van der Waals surface area contributed by atoms with E-state index in [1.165, 1.54) is 16.8 Å². The standard InChI is InChI=1S/C19H23N3OS/c1-12(2)5-6-20-19-21-16(11-24-19)14-8-13-4-3-7-22-17(23)10-15(9-14)18(13)22/h8-9,11-12H,3-7,10H2,1-2H3,(H,20,21). The molecule has 24 heavy (non-hydrogen) atoms. The van der Waals surface area contributed by atoms with Crippen LogP contribution in [-0.4, -0.2) is 24.0 Å². The van der Waals surface area contributed by atoms with Crippen molar-refractivity contribution in [3.8, 4) is 11.3 Å². The van der Waals surface area contributed by atoms with Gasteiger partial charge in [0.1, 0.15) is 0 Å². The van der Waals surface area contributed by atoms with Gasteiger partial charge in [-0.3, -0.25) is 4.79 Å². The summed E-state index contributed by atoms with van der Waals surface area (Å²) in [5, 5.41) is 6.52. The molecule has 126 valence electrons. The number of nitrogens with zero attached hydrogens (tertiary/aromatic N) is 2. The van der Waals surface area contributed by atoms with Crippen molar-refractivity contribution in [2.75, 3.05) is 23.3 Å². The molecule has 4 rings (SSSR count). The number of benzene rings is 1. The number of aromatic nitrogens is 1. The zero-order valence-corrected chi connectivity index (χ0v) is 15.1. The third-order valence-electron chi connectivity index (χ3n) is 4.81. The van der Waals surface area contributed by atoms with Gasteiger partial charge in [-0.1, -0.05) is 13.8 Å². The van der Waals surface area contributed by atoms with Crippen LogP contribution in [0, 0.1) is 5.92 Å². The Morgan fingerprint density at radius 1 is 1.33 bits per heavy atom. The highest BCUT2D eigenvalue weighted by Crippen LogP contribution is 2.40. The van der Waals surface area contributed by atoms with Gasteiger partial charge in [-0.25, -0.2) is 4.98 Å². The minimum absolute atomic E-state index is 0.248. The van der Waals surface area contributed by atoms with Crippen LogP contribution >= 0.6 is 11.3 Å². The minimum atomic E-state index is 0.248. The molecule has 0 atom stereocenters. The quantitative estimate of drug-likeness (QED) is 0.890. The molecule has 0 saturated carbocycles. The number of hydrogen-bond donors (Lipinski definition) is 1. The van der Waals surface area contributed by atoms with Crippen LogP contribution in [0.15, 0.2) is 17.5 Å². The molecule has 1 N–H and O–H groups in total. The van der Waals surface area contributed by atoms with Gasteiger partial charge in [-0.15, -0.1) is 11.3 Å². The summed E-state index contributed by atoms with van der Waals surface area (Å²) in [5.74, 6) is 0.944. The topological polar surface area (TPSA) is 45.2 Å². The van der Waals surface area contributed by atoms with E-state index in [-0.39, 0.29) is 5.91 Å². The fourth-order valence-electron chi connectivity index (χ4n) is 3.58. The lowest BCUT2D eigenvalue weighted by Gasteiger charge is -2.25. The van der Waals surface area contributed by atoms with Crippen LogP contribution < -0.4 is 10.2 Å². The minimum Gasteiger partial charge on any atom is -0.361 e. The van der Waals surface area contributed by atoms with E-state index < -0.39 is 0 Å². The molecule has 0 radical (unpaired) electrons. The van der Waals surface area contributed by atoms with Gasteiger partial charge in [0.25, 0.3) is 0 Å². The molecule has 0 spiro atoms. The zero-order valence-electron chi connectivity index (χ0n) is 14.3. The molecule has 1 aromatic heterocycles. The molecule has 0 unspecified atom stereocenters. The van der Waals surface area contributed by atoms with Crippen molar-refractivity contribution in [3.05, 3.63) is 28.6 Å². The van der Waals surface area contributed by atoms with E-state index in [0.717, 1.165) is 48.7 Å². The lowest BCUT2D eigenvalue weighted by Crippen LogP contribution is -2.31. The molecule has 2 aromatic rings. The Morgan fingerprint density at radius 2 is 2.17 bits per heavy atom. The molecule has 1 aromatic carbocycles. The first-order chi connectivity index (χ1) is 11.6. The maximum absolute atomic E-state index is 12.2. The summed E-state index contributed by atoms with van der Waals surface area (Å²) in [5.41, 5.74) is 5.83. The van der Waals surface area contributed by atoms with Crippen LogP contribution in [0.25, 0.3) is 11.3 Å². The van der Waals surface area contributed by atoms with Gasteiger partial charge in [-0.2, -0.15) is 0 Å². The maximum Gasteiger partial charge on any atom is 0.231 e. The summed E-state index contributed by atoms with van der Waals surface area (Å²) in [7, 11) is 0. The van der Waals surface area contributed by atoms with Gasteiger partial charge in [0, 0.05) is 24.0 Å². The van der Waals surface area contributed by atoms with Gasteiger partial charge in [0.15, 0.2) is 5.13 Å². The van der Waals surface area contributed by atoms with Crippen LogP contribution in [0.2, 0.25) is 0 Å². The maximum atomic E-state index is 12.2. The van der Waals surface area contributed by atoms with E-state index in [4.69, 9.17) is 4.98 Å². The molecule has 2 aliphatic heterocycles. The Balaban J connectivity index is 1.59. The average Bonchev–Trinajstić information content (AvgIpc) is 3.14. The molecule has 1 amide bonds. The number of carbonyl (C=O) groups excluding carboxylic acids is 1. The SMILES string of the molecule is CC(C)CCNc1nc(-c2cc3c4c(c2)CC(=O)N4CCC3)cs1. The number of nitrogens with one attached hydrogen (secondary N) is 1. The van der Waals surface area contributed by atoms with Gasteiger partial charge >= 0.3 is 0 Å². The van der Waals surface area contributed by atoms with Crippen molar-refractivity contribution in [2.24, 2.45) is 5.92 Å². The fraction of sp³-hybridized carbons (Fsp3) is 0.474. The summed E-state index contributed by atoms with van der Waals surface area (Å²) >= 11 is 1.66. The first-order valence-corrected chi connectivity index (χ1v) is 9.65. The van der Waals surface area contributed by atoms with E-state index in [0.29, 0.717) is 12.3 Å². The monoisotopic (exact) mass is 341 g/mol. The van der Waals surface area contributed by atoms with Gasteiger partial charge in [0.2, 0.25) is 5.91 Å². The first kappa shape index (κ1) is 15.6. The summed E-state index contributed by atoms with van der Waals surface area (Å²) in [6.45, 7) is 6.30. The molecule has 0 bridgehead atoms. The Hall–Kier alpha value is -1.88. The lowest BCUT2D eigenvalue weighted by molar-refractivity contribution is -0.117. The second-order valence-electron chi connectivity index (χ2n) is 7.12. The largest absolute Gasteiger partial charge is 0.361 e. The van der Waals surface area contributed by atoms with Crippen LogP contribution in [0.4, 0.5) is 10.8 Å². The summed E-state index contributed by atoms with van der Waals surface area (Å²) in [6, 6.07) is 4.39. The van der Waals surface area contributed by atoms with Crippen LogP contribution in [0.5, 0.6) is 0 Å². The highest BCUT2D eigenvalue weighted by atomic mass is 32.1. The molecular formula is C19H23N3OS. The van der Waals surface area contributed by atoms with Crippen molar-refractivity contribution in [1.82, 2.24) is 4.98 Å². The van der Waals surface area contributed by atoms with Crippen molar-refractivity contribution in [3.63, 3.8) is 0 Å². The Kier molecular flexibility index (Phi) is 4.04. The van der Waals surface area contributed by atoms with E-state index in [1.807, 2.05) is 4.90 Å². The summed E-state index contributed by atoms with van der Waals surface area (Å²) < 4.78 is 0. The van der Waals surface area contributed by atoms with Crippen molar-refractivity contribution in [2.45, 2.75) is 39.5 Å². The predicted octanol–water partition coefficient (Wildman–Crippen LogP) is 4.10. The number of anilines is 2. The molecular weight excluding hydrogens is 318 g/mol. The zero-order chi connectivity index (χ0) is 16.7. The van der Waals surface area contributed by atoms with Gasteiger partial charge in [0.05, 0.1) is 17.8 Å². The van der Waals surface area contributed by atoms with Gasteiger partial charge in [-0.05, 0) is 48.4 Å². The van der Waals surface area contributed by atoms with Crippen molar-refractivity contribution in [1.29, 1.82) is 0 Å². The highest BCUT2D eigenvalue weighted by Gasteiger charge is 2.32. The molecule has 3 heterocycles. The number of thiazole rings is 1. The molecule has 0 aliphatic carbocycles. The van der Waals surface area contributed by atoms with Crippen LogP contribution in [0.1, 0.15) is 37.8 Å². The molecule has 5 heteroatoms. The number of amides is 1. The number of rotatable bonds is 5. The molecule has 0 saturated heterocycles. The third-order valence-corrected chi connectivity index (χ3v) is 5.61. The Labute approximate surface area is 146 Å². The summed E-state index contributed by atoms with van der Waals surface area (Å²) in [4.78, 5) is 18.9. The third kappa shape index (κ3) is 2.81. The van der Waals surface area contributed by atoms with E-state index in [2.05, 4.69) is 36.7 Å². The number of aryl methyl sites for hydroxylation is 1.